The Hall–Kier alpha value is -0.0800. The van der Waals surface area contributed by atoms with Crippen molar-refractivity contribution in [2.75, 3.05) is 32.8 Å². The van der Waals surface area contributed by atoms with Crippen molar-refractivity contribution in [3.05, 3.63) is 0 Å². The molecule has 0 amide bonds. The van der Waals surface area contributed by atoms with Gasteiger partial charge in [-0.2, -0.15) is 0 Å². The van der Waals surface area contributed by atoms with E-state index in [1.54, 1.807) is 0 Å². The van der Waals surface area contributed by atoms with Crippen LogP contribution in [0.4, 0.5) is 0 Å². The molecule has 0 unspecified atom stereocenters. The molecule has 2 aliphatic rings. The van der Waals surface area contributed by atoms with Crippen LogP contribution in [0, 0.1) is 5.92 Å². The molecule has 15 heavy (non-hydrogen) atoms. The molecule has 0 spiro atoms. The van der Waals surface area contributed by atoms with Crippen molar-refractivity contribution in [1.82, 2.24) is 4.90 Å². The Morgan fingerprint density at radius 1 is 0.933 bits per heavy atom. The van der Waals surface area contributed by atoms with E-state index in [0.29, 0.717) is 0 Å². The Kier molecular flexibility index (Phi) is 4.94. The van der Waals surface area contributed by atoms with E-state index in [0.717, 1.165) is 32.2 Å². The number of hydrogen-bond acceptors (Lipinski definition) is 2. The zero-order chi connectivity index (χ0) is 10.3. The number of ether oxygens (including phenoxy) is 1. The van der Waals surface area contributed by atoms with Gasteiger partial charge in [-0.05, 0) is 18.9 Å². The van der Waals surface area contributed by atoms with Crippen molar-refractivity contribution in [2.45, 2.75) is 44.9 Å². The van der Waals surface area contributed by atoms with Crippen molar-refractivity contribution in [1.29, 1.82) is 0 Å². The quantitative estimate of drug-likeness (QED) is 0.665. The second-order valence-electron chi connectivity index (χ2n) is 5.10. The van der Waals surface area contributed by atoms with Crippen LogP contribution in [-0.2, 0) is 4.74 Å². The molecule has 0 bridgehead atoms. The maximum atomic E-state index is 5.37. The van der Waals surface area contributed by atoms with Gasteiger partial charge in [-0.15, -0.1) is 0 Å². The lowest BCUT2D eigenvalue weighted by Crippen LogP contribution is -2.37. The van der Waals surface area contributed by atoms with E-state index < -0.39 is 0 Å². The van der Waals surface area contributed by atoms with Gasteiger partial charge in [-0.3, -0.25) is 4.90 Å². The van der Waals surface area contributed by atoms with Gasteiger partial charge in [0.25, 0.3) is 0 Å². The standard InChI is InChI=1S/C13H25NO/c1-2-4-6-13(5-3-1)7-8-14-9-11-15-12-10-14/h13H,1-12H2. The van der Waals surface area contributed by atoms with Gasteiger partial charge in [0.05, 0.1) is 13.2 Å². The third kappa shape index (κ3) is 4.12. The smallest absolute Gasteiger partial charge is 0.0594 e. The third-order valence-electron chi connectivity index (χ3n) is 3.93. The summed E-state index contributed by atoms with van der Waals surface area (Å²) in [5.74, 6) is 1.02. The molecule has 2 fully saturated rings. The number of hydrogen-bond donors (Lipinski definition) is 0. The summed E-state index contributed by atoms with van der Waals surface area (Å²) in [6.45, 7) is 5.53. The first-order valence-corrected chi connectivity index (χ1v) is 6.75. The lowest BCUT2D eigenvalue weighted by molar-refractivity contribution is 0.0351. The highest BCUT2D eigenvalue weighted by molar-refractivity contribution is 4.68. The molecule has 0 aromatic heterocycles. The Morgan fingerprint density at radius 2 is 1.60 bits per heavy atom. The normalized spacial score (nSPS) is 26.4. The fraction of sp³-hybridized carbons (Fsp3) is 1.00. The monoisotopic (exact) mass is 211 g/mol. The molecule has 2 heteroatoms. The second-order valence-corrected chi connectivity index (χ2v) is 5.10. The summed E-state index contributed by atoms with van der Waals surface area (Å²) in [5, 5.41) is 0. The SMILES string of the molecule is C1CCCC(CCN2CCOCC2)CC1. The average Bonchev–Trinajstić information content (AvgIpc) is 2.56. The lowest BCUT2D eigenvalue weighted by Gasteiger charge is -2.28. The summed E-state index contributed by atoms with van der Waals surface area (Å²) in [6, 6.07) is 0. The Morgan fingerprint density at radius 3 is 2.27 bits per heavy atom. The summed E-state index contributed by atoms with van der Waals surface area (Å²) in [6.07, 6.45) is 10.3. The summed E-state index contributed by atoms with van der Waals surface area (Å²) in [7, 11) is 0. The predicted octanol–water partition coefficient (Wildman–Crippen LogP) is 2.68. The predicted molar refractivity (Wildman–Crippen MR) is 63.1 cm³/mol. The van der Waals surface area contributed by atoms with Crippen molar-refractivity contribution >= 4 is 0 Å². The van der Waals surface area contributed by atoms with Crippen LogP contribution < -0.4 is 0 Å². The summed E-state index contributed by atoms with van der Waals surface area (Å²) in [5.41, 5.74) is 0. The molecule has 0 radical (unpaired) electrons. The van der Waals surface area contributed by atoms with Crippen LogP contribution in [0.15, 0.2) is 0 Å². The maximum absolute atomic E-state index is 5.37. The molecular formula is C13H25NO. The van der Waals surface area contributed by atoms with Crippen molar-refractivity contribution in [3.63, 3.8) is 0 Å². The van der Waals surface area contributed by atoms with Gasteiger partial charge >= 0.3 is 0 Å². The third-order valence-corrected chi connectivity index (χ3v) is 3.93. The van der Waals surface area contributed by atoms with E-state index in [9.17, 15) is 0 Å². The maximum Gasteiger partial charge on any atom is 0.0594 e. The van der Waals surface area contributed by atoms with Crippen molar-refractivity contribution in [3.8, 4) is 0 Å². The van der Waals surface area contributed by atoms with Crippen molar-refractivity contribution < 1.29 is 4.74 Å². The van der Waals surface area contributed by atoms with Gasteiger partial charge in [0.15, 0.2) is 0 Å². The molecule has 0 N–H and O–H groups in total. The minimum Gasteiger partial charge on any atom is -0.379 e. The van der Waals surface area contributed by atoms with Crippen LogP contribution in [0.2, 0.25) is 0 Å². The Bertz CT molecular complexity index is 158. The van der Waals surface area contributed by atoms with Crippen LogP contribution in [0.3, 0.4) is 0 Å². The van der Waals surface area contributed by atoms with Gasteiger partial charge in [0.1, 0.15) is 0 Å². The van der Waals surface area contributed by atoms with E-state index >= 15 is 0 Å². The largest absolute Gasteiger partial charge is 0.379 e. The van der Waals surface area contributed by atoms with Gasteiger partial charge in [0, 0.05) is 13.1 Å². The summed E-state index contributed by atoms with van der Waals surface area (Å²) >= 11 is 0. The lowest BCUT2D eigenvalue weighted by atomic mass is 9.96. The first kappa shape index (κ1) is 11.4. The number of nitrogens with zero attached hydrogens (tertiary/aromatic N) is 1. The highest BCUT2D eigenvalue weighted by atomic mass is 16.5. The van der Waals surface area contributed by atoms with Crippen LogP contribution in [-0.4, -0.2) is 37.7 Å². The molecule has 0 aromatic rings. The van der Waals surface area contributed by atoms with E-state index in [4.69, 9.17) is 4.74 Å². The molecule has 0 atom stereocenters. The van der Waals surface area contributed by atoms with E-state index in [-0.39, 0.29) is 0 Å². The molecule has 1 aliphatic carbocycles. The average molecular weight is 211 g/mol. The minimum absolute atomic E-state index is 0.949. The molecule has 1 saturated heterocycles. The van der Waals surface area contributed by atoms with Crippen LogP contribution in [0.5, 0.6) is 0 Å². The fourth-order valence-electron chi connectivity index (χ4n) is 2.84. The topological polar surface area (TPSA) is 12.5 Å². The molecule has 0 aromatic carbocycles. The first-order valence-electron chi connectivity index (χ1n) is 6.75. The van der Waals surface area contributed by atoms with Crippen LogP contribution in [0.25, 0.3) is 0 Å². The summed E-state index contributed by atoms with van der Waals surface area (Å²) in [4.78, 5) is 2.58. The van der Waals surface area contributed by atoms with E-state index in [1.165, 1.54) is 51.5 Å². The van der Waals surface area contributed by atoms with Gasteiger partial charge in [0.2, 0.25) is 0 Å². The van der Waals surface area contributed by atoms with E-state index in [1.807, 2.05) is 0 Å². The molecule has 2 rings (SSSR count). The first-order chi connectivity index (χ1) is 7.45. The summed E-state index contributed by atoms with van der Waals surface area (Å²) < 4.78 is 5.37. The highest BCUT2D eigenvalue weighted by Gasteiger charge is 2.15. The van der Waals surface area contributed by atoms with E-state index in [2.05, 4.69) is 4.90 Å². The van der Waals surface area contributed by atoms with Crippen molar-refractivity contribution in [2.24, 2.45) is 5.92 Å². The molecule has 2 nitrogen and oxygen atoms in total. The van der Waals surface area contributed by atoms with Gasteiger partial charge in [-0.25, -0.2) is 0 Å². The molecule has 1 aliphatic heterocycles. The van der Waals surface area contributed by atoms with Gasteiger partial charge in [-0.1, -0.05) is 38.5 Å². The molecular weight excluding hydrogens is 186 g/mol. The zero-order valence-corrected chi connectivity index (χ0v) is 9.92. The zero-order valence-electron chi connectivity index (χ0n) is 9.92. The molecule has 1 heterocycles. The number of rotatable bonds is 3. The second kappa shape index (κ2) is 6.49. The fourth-order valence-corrected chi connectivity index (χ4v) is 2.84. The van der Waals surface area contributed by atoms with Gasteiger partial charge < -0.3 is 4.74 Å². The Labute approximate surface area is 94.0 Å². The Balaban J connectivity index is 1.62. The molecule has 88 valence electrons. The highest BCUT2D eigenvalue weighted by Crippen LogP contribution is 2.25. The number of morpholine rings is 1. The molecule has 1 saturated carbocycles. The van der Waals surface area contributed by atoms with Crippen LogP contribution in [0.1, 0.15) is 44.9 Å². The van der Waals surface area contributed by atoms with Crippen LogP contribution >= 0.6 is 0 Å². The minimum atomic E-state index is 0.949.